The lowest BCUT2D eigenvalue weighted by molar-refractivity contribution is -0.157. The number of piperidine rings is 1. The van der Waals surface area contributed by atoms with E-state index in [2.05, 4.69) is 51.7 Å². The second kappa shape index (κ2) is 15.5. The zero-order valence-corrected chi connectivity index (χ0v) is 24.9. The molecule has 0 radical (unpaired) electrons. The smallest absolute Gasteiger partial charge is 0.305 e. The topological polar surface area (TPSA) is 46.6 Å². The summed E-state index contributed by atoms with van der Waals surface area (Å²) in [6, 6.07) is 8.16. The van der Waals surface area contributed by atoms with Gasteiger partial charge in [0.25, 0.3) is 5.91 Å². The normalized spacial score (nSPS) is 17.1. The highest BCUT2D eigenvalue weighted by Crippen LogP contribution is 2.41. The van der Waals surface area contributed by atoms with Crippen LogP contribution >= 0.6 is 0 Å². The molecule has 1 fully saturated rings. The molecule has 2 rings (SSSR count). The number of hydrogen-bond donors (Lipinski definition) is 0. The van der Waals surface area contributed by atoms with Crippen molar-refractivity contribution in [2.45, 2.75) is 161 Å². The van der Waals surface area contributed by atoms with Crippen LogP contribution in [0.25, 0.3) is 0 Å². The Labute approximate surface area is 227 Å². The number of carbonyl (C=O) groups is 2. The molecule has 0 aliphatic carbocycles. The number of rotatable bonds is 16. The number of hydrogen-bond acceptors (Lipinski definition) is 3. The maximum absolute atomic E-state index is 14.0. The van der Waals surface area contributed by atoms with Gasteiger partial charge in [0.2, 0.25) is 0 Å². The highest BCUT2D eigenvalue weighted by molar-refractivity contribution is 5.96. The molecule has 1 aromatic rings. The van der Waals surface area contributed by atoms with E-state index in [1.165, 1.54) is 70.6 Å². The summed E-state index contributed by atoms with van der Waals surface area (Å²) >= 11 is 0. The Morgan fingerprint density at radius 2 is 1.27 bits per heavy atom. The summed E-state index contributed by atoms with van der Waals surface area (Å²) in [6.45, 7) is 12.5. The second-order valence-electron chi connectivity index (χ2n) is 12.4. The van der Waals surface area contributed by atoms with E-state index in [1.54, 1.807) is 0 Å². The van der Waals surface area contributed by atoms with Crippen LogP contribution < -0.4 is 0 Å². The van der Waals surface area contributed by atoms with E-state index < -0.39 is 11.1 Å². The van der Waals surface area contributed by atoms with E-state index in [9.17, 15) is 9.59 Å². The van der Waals surface area contributed by atoms with E-state index in [0.29, 0.717) is 19.3 Å². The molecular formula is C33H55NO3. The molecule has 0 N–H and O–H groups in total. The summed E-state index contributed by atoms with van der Waals surface area (Å²) in [5, 5.41) is 0. The van der Waals surface area contributed by atoms with Crippen LogP contribution in [0.5, 0.6) is 0 Å². The Hall–Kier alpha value is -1.84. The van der Waals surface area contributed by atoms with Crippen LogP contribution in [-0.2, 0) is 16.0 Å². The molecule has 4 heteroatoms. The number of likely N-dealkylation sites (tertiary alicyclic amines) is 1. The molecule has 1 aliphatic rings. The molecule has 1 amide bonds. The lowest BCUT2D eigenvalue weighted by Gasteiger charge is -2.55. The van der Waals surface area contributed by atoms with Gasteiger partial charge < -0.3 is 9.64 Å². The number of esters is 1. The Morgan fingerprint density at radius 1 is 0.784 bits per heavy atom. The molecular weight excluding hydrogens is 458 g/mol. The van der Waals surface area contributed by atoms with Crippen molar-refractivity contribution in [3.63, 3.8) is 0 Å². The van der Waals surface area contributed by atoms with Crippen molar-refractivity contribution >= 4 is 11.9 Å². The van der Waals surface area contributed by atoms with Crippen LogP contribution in [0.3, 0.4) is 0 Å². The number of carbonyl (C=O) groups excluding carboxylic acids is 2. The molecule has 0 saturated carbocycles. The van der Waals surface area contributed by atoms with Gasteiger partial charge in [-0.3, -0.25) is 9.59 Å². The average molecular weight is 514 g/mol. The van der Waals surface area contributed by atoms with Crippen molar-refractivity contribution in [3.05, 3.63) is 35.4 Å². The van der Waals surface area contributed by atoms with Crippen LogP contribution in [0.4, 0.5) is 0 Å². The van der Waals surface area contributed by atoms with Gasteiger partial charge in [-0.2, -0.15) is 0 Å². The predicted molar refractivity (Wildman–Crippen MR) is 155 cm³/mol. The molecule has 0 atom stereocenters. The van der Waals surface area contributed by atoms with Gasteiger partial charge in [-0.25, -0.2) is 0 Å². The third-order valence-corrected chi connectivity index (χ3v) is 8.00. The van der Waals surface area contributed by atoms with E-state index >= 15 is 0 Å². The molecule has 0 spiro atoms. The molecule has 0 unspecified atom stereocenters. The first kappa shape index (κ1) is 31.4. The Kier molecular flexibility index (Phi) is 13.2. The molecule has 0 bridgehead atoms. The fourth-order valence-corrected chi connectivity index (χ4v) is 6.31. The summed E-state index contributed by atoms with van der Waals surface area (Å²) in [6.07, 6.45) is 18.5. The first-order valence-electron chi connectivity index (χ1n) is 15.2. The van der Waals surface area contributed by atoms with Gasteiger partial charge >= 0.3 is 5.97 Å². The number of amides is 1. The third kappa shape index (κ3) is 10.1. The van der Waals surface area contributed by atoms with Crippen molar-refractivity contribution in [2.24, 2.45) is 0 Å². The first-order chi connectivity index (χ1) is 17.6. The maximum atomic E-state index is 14.0. The quantitative estimate of drug-likeness (QED) is 0.164. The molecule has 0 aromatic heterocycles. The van der Waals surface area contributed by atoms with Gasteiger partial charge in [-0.1, -0.05) is 103 Å². The molecule has 1 aliphatic heterocycles. The molecule has 1 aromatic carbocycles. The van der Waals surface area contributed by atoms with E-state index in [1.807, 2.05) is 19.1 Å². The molecule has 37 heavy (non-hydrogen) atoms. The Morgan fingerprint density at radius 3 is 1.78 bits per heavy atom. The summed E-state index contributed by atoms with van der Waals surface area (Å²) in [4.78, 5) is 28.0. The highest BCUT2D eigenvalue weighted by atomic mass is 16.5. The van der Waals surface area contributed by atoms with Gasteiger partial charge in [0, 0.05) is 35.9 Å². The summed E-state index contributed by atoms with van der Waals surface area (Å²) in [5.74, 6) is -0.0612. The number of unbranched alkanes of at least 4 members (excludes halogenated alkanes) is 11. The molecule has 4 nitrogen and oxygen atoms in total. The third-order valence-electron chi connectivity index (χ3n) is 8.00. The number of aryl methyl sites for hydroxylation is 1. The standard InChI is InChI=1S/C33H55NO3/c1-7-9-10-11-12-13-14-15-16-17-18-19-22-27-23-20-21-24-29(27)31(36)34-32(3,4)25-28(26-33(34,5)6)37-30(35)8-2/h20-21,23-24,28H,7-19,22,25-26H2,1-6H3. The van der Waals surface area contributed by atoms with Crippen LogP contribution in [0.15, 0.2) is 24.3 Å². The van der Waals surface area contributed by atoms with Crippen molar-refractivity contribution in [1.29, 1.82) is 0 Å². The largest absolute Gasteiger partial charge is 0.462 e. The number of ether oxygens (including phenoxy) is 1. The predicted octanol–water partition coefficient (Wildman–Crippen LogP) is 9.05. The summed E-state index contributed by atoms with van der Waals surface area (Å²) in [5.41, 5.74) is 1.18. The Balaban J connectivity index is 1.87. The van der Waals surface area contributed by atoms with Crippen molar-refractivity contribution in [2.75, 3.05) is 0 Å². The lowest BCUT2D eigenvalue weighted by Crippen LogP contribution is -2.64. The van der Waals surface area contributed by atoms with Crippen LogP contribution in [-0.4, -0.2) is 34.0 Å². The van der Waals surface area contributed by atoms with Crippen molar-refractivity contribution < 1.29 is 14.3 Å². The van der Waals surface area contributed by atoms with Crippen molar-refractivity contribution in [1.82, 2.24) is 4.90 Å². The van der Waals surface area contributed by atoms with Gasteiger partial charge in [-0.15, -0.1) is 0 Å². The van der Waals surface area contributed by atoms with Gasteiger partial charge in [0.05, 0.1) is 0 Å². The Bertz CT molecular complexity index is 811. The molecule has 1 heterocycles. The maximum Gasteiger partial charge on any atom is 0.305 e. The van der Waals surface area contributed by atoms with Gasteiger partial charge in [0.15, 0.2) is 0 Å². The van der Waals surface area contributed by atoms with Crippen molar-refractivity contribution in [3.8, 4) is 0 Å². The minimum absolute atomic E-state index is 0.102. The van der Waals surface area contributed by atoms with Crippen LogP contribution in [0, 0.1) is 0 Å². The fourth-order valence-electron chi connectivity index (χ4n) is 6.31. The van der Waals surface area contributed by atoms with Gasteiger partial charge in [-0.05, 0) is 52.2 Å². The fraction of sp³-hybridized carbons (Fsp3) is 0.758. The molecule has 210 valence electrons. The number of benzene rings is 1. The summed E-state index contributed by atoms with van der Waals surface area (Å²) < 4.78 is 5.72. The number of nitrogens with zero attached hydrogens (tertiary/aromatic N) is 1. The first-order valence-corrected chi connectivity index (χ1v) is 15.2. The van der Waals surface area contributed by atoms with E-state index in [0.717, 1.165) is 24.0 Å². The minimum atomic E-state index is -0.402. The highest BCUT2D eigenvalue weighted by Gasteiger charge is 2.49. The van der Waals surface area contributed by atoms with E-state index in [-0.39, 0.29) is 18.0 Å². The van der Waals surface area contributed by atoms with E-state index in [4.69, 9.17) is 4.74 Å². The second-order valence-corrected chi connectivity index (χ2v) is 12.4. The zero-order chi connectivity index (χ0) is 27.3. The van der Waals surface area contributed by atoms with Crippen LogP contribution in [0.2, 0.25) is 0 Å². The average Bonchev–Trinajstić information content (AvgIpc) is 2.83. The lowest BCUT2D eigenvalue weighted by atomic mass is 9.77. The van der Waals surface area contributed by atoms with Gasteiger partial charge in [0.1, 0.15) is 6.10 Å². The SMILES string of the molecule is CCCCCCCCCCCCCCc1ccccc1C(=O)N1C(C)(C)CC(OC(=O)CC)CC1(C)C. The van der Waals surface area contributed by atoms with Crippen LogP contribution in [0.1, 0.15) is 154 Å². The summed E-state index contributed by atoms with van der Waals surface area (Å²) in [7, 11) is 0. The minimum Gasteiger partial charge on any atom is -0.462 e. The molecule has 1 saturated heterocycles. The monoisotopic (exact) mass is 513 g/mol. The zero-order valence-electron chi connectivity index (χ0n) is 24.9.